The summed E-state index contributed by atoms with van der Waals surface area (Å²) in [7, 11) is 0. The summed E-state index contributed by atoms with van der Waals surface area (Å²) in [6.07, 6.45) is 4.68. The number of ether oxygens (including phenoxy) is 1. The molecule has 7 unspecified atom stereocenters. The third-order valence-electron chi connectivity index (χ3n) is 15.8. The number of benzene rings is 7. The zero-order valence-electron chi connectivity index (χ0n) is 68.8. The fourth-order valence-corrected chi connectivity index (χ4v) is 9.98. The molecule has 0 spiro atoms. The van der Waals surface area contributed by atoms with Gasteiger partial charge in [0.15, 0.2) is 11.6 Å². The van der Waals surface area contributed by atoms with Gasteiger partial charge in [0, 0.05) is 41.8 Å². The Balaban J connectivity index is 0.000000718. The van der Waals surface area contributed by atoms with Gasteiger partial charge in [0.25, 0.3) is 5.91 Å². The second kappa shape index (κ2) is 58.4. The van der Waals surface area contributed by atoms with Gasteiger partial charge in [-0.3, -0.25) is 76.7 Å². The fourth-order valence-electron chi connectivity index (χ4n) is 9.28. The number of hydrogen-bond acceptors (Lipinski definition) is 27. The van der Waals surface area contributed by atoms with Crippen molar-refractivity contribution in [3.05, 3.63) is 231 Å². The number of carboxylic acids is 7. The third-order valence-corrected chi connectivity index (χ3v) is 17.0. The molecule has 0 heterocycles. The summed E-state index contributed by atoms with van der Waals surface area (Å²) in [4.78, 5) is 177. The number of anilines is 1. The number of hydrogen-bond donors (Lipinski definition) is 17. The molecule has 123 heavy (non-hydrogen) atoms. The molecule has 24 N–H and O–H groups in total. The van der Waals surface area contributed by atoms with Crippen molar-refractivity contribution < 1.29 is 117 Å². The quantitative estimate of drug-likeness (QED) is 0.00849. The fraction of sp³-hybridized carbons (Fsp3) is 0.302. The van der Waals surface area contributed by atoms with E-state index in [1.807, 2.05) is 24.3 Å². The summed E-state index contributed by atoms with van der Waals surface area (Å²) in [5.74, 6) is -7.44. The highest BCUT2D eigenvalue weighted by molar-refractivity contribution is 8.00. The van der Waals surface area contributed by atoms with Crippen LogP contribution in [0.2, 0.25) is 0 Å². The predicted molar refractivity (Wildman–Crippen MR) is 459 cm³/mol. The smallest absolute Gasteiger partial charge is 0.320 e. The largest absolute Gasteiger partial charge is 0.486 e. The number of hydrazone groups is 1. The lowest BCUT2D eigenvalue weighted by Gasteiger charge is -2.08. The van der Waals surface area contributed by atoms with E-state index in [4.69, 9.17) is 80.6 Å². The highest BCUT2D eigenvalue weighted by Gasteiger charge is 2.19. The van der Waals surface area contributed by atoms with Crippen molar-refractivity contribution in [3.8, 4) is 5.75 Å². The van der Waals surface area contributed by atoms with E-state index < -0.39 is 84.1 Å². The molecule has 0 saturated heterocycles. The molecule has 0 radical (unpaired) electrons. The highest BCUT2D eigenvalue weighted by atomic mass is 32.2. The van der Waals surface area contributed by atoms with Gasteiger partial charge in [-0.05, 0) is 178 Å². The van der Waals surface area contributed by atoms with E-state index in [0.717, 1.165) is 60.7 Å². The number of Topliss-reactive ketones (excluding diaryl/α,β-unsaturated/α-hetero) is 6. The first kappa shape index (κ1) is 107. The van der Waals surface area contributed by atoms with Crippen LogP contribution in [0.15, 0.2) is 185 Å². The van der Waals surface area contributed by atoms with E-state index in [1.165, 1.54) is 65.7 Å². The van der Waals surface area contributed by atoms with Gasteiger partial charge in [-0.2, -0.15) is 5.10 Å². The molecule has 0 bridgehead atoms. The van der Waals surface area contributed by atoms with E-state index in [9.17, 15) is 76.7 Å². The summed E-state index contributed by atoms with van der Waals surface area (Å²) in [5.41, 5.74) is 49.2. The van der Waals surface area contributed by atoms with Crippen molar-refractivity contribution in [3.63, 3.8) is 0 Å². The molecule has 0 aliphatic carbocycles. The van der Waals surface area contributed by atoms with Gasteiger partial charge in [0.2, 0.25) is 11.8 Å². The van der Waals surface area contributed by atoms with Crippen molar-refractivity contribution in [2.45, 2.75) is 147 Å². The zero-order valence-corrected chi connectivity index (χ0v) is 69.6. The summed E-state index contributed by atoms with van der Waals surface area (Å²) in [6, 6.07) is 42.1. The lowest BCUT2D eigenvalue weighted by molar-refractivity contribution is -0.139. The second-order valence-electron chi connectivity index (χ2n) is 27.3. The number of ketones is 6. The normalized spacial score (nSPS) is 12.0. The van der Waals surface area contributed by atoms with Crippen molar-refractivity contribution in [1.82, 2.24) is 10.7 Å². The first-order valence-corrected chi connectivity index (χ1v) is 38.4. The van der Waals surface area contributed by atoms with Crippen LogP contribution >= 0.6 is 11.8 Å². The Hall–Kier alpha value is -13.5. The Morgan fingerprint density at radius 1 is 0.366 bits per heavy atom. The SMILES string of the molecule is CC(=O)CC(=O)c1ccc(CC(N)C(=O)O)cc1.CC(=O)CNC(=O)c1ccc(CC(N)C(=O)O)cc1.CC(=O)CNc1ccc(CC(N)C(=O)O)cc1.CC(=O)COc1ccc(CC(N)C(=O)O)cc1.CC(=O)CSc1ccc(CC(N)C(=O)O)cc1.CC(=O)N/N=C/c1ccc(CC(N)C(=O)O)cc1.CC(=O)N=Cc1ccc(CC(N)C(=O)O)cc1. The second-order valence-corrected chi connectivity index (χ2v) is 28.4. The monoisotopic (exact) mass is 1720 g/mol. The minimum atomic E-state index is -1.07. The van der Waals surface area contributed by atoms with Crippen molar-refractivity contribution in [2.75, 3.05) is 30.8 Å². The zero-order chi connectivity index (χ0) is 93.0. The van der Waals surface area contributed by atoms with Crippen molar-refractivity contribution in [1.29, 1.82) is 0 Å². The summed E-state index contributed by atoms with van der Waals surface area (Å²) >= 11 is 1.47. The van der Waals surface area contributed by atoms with E-state index >= 15 is 0 Å². The number of nitrogens with two attached hydrogens (primary N) is 7. The number of aliphatic carboxylic acids is 7. The molecule has 7 atom stereocenters. The van der Waals surface area contributed by atoms with Gasteiger partial charge in [0.05, 0.1) is 31.5 Å². The first-order chi connectivity index (χ1) is 57.7. The first-order valence-electron chi connectivity index (χ1n) is 37.4. The predicted octanol–water partition coefficient (Wildman–Crippen LogP) is 4.05. The average Bonchev–Trinajstić information content (AvgIpc) is 0.899. The molecule has 0 aliphatic rings. The number of rotatable bonds is 39. The van der Waals surface area contributed by atoms with Crippen LogP contribution in [0.25, 0.3) is 0 Å². The Morgan fingerprint density at radius 3 is 0.976 bits per heavy atom. The molecule has 7 aromatic rings. The van der Waals surface area contributed by atoms with Crippen LogP contribution in [0.3, 0.4) is 0 Å². The Kier molecular flexibility index (Phi) is 51.0. The molecule has 7 aromatic carbocycles. The third kappa shape index (κ3) is 50.9. The molecule has 0 saturated carbocycles. The van der Waals surface area contributed by atoms with Gasteiger partial charge in [0.1, 0.15) is 77.8 Å². The van der Waals surface area contributed by atoms with Crippen LogP contribution < -0.4 is 60.9 Å². The van der Waals surface area contributed by atoms with Gasteiger partial charge in [-0.25, -0.2) is 10.4 Å². The summed E-state index contributed by atoms with van der Waals surface area (Å²) in [5, 5.41) is 69.8. The maximum Gasteiger partial charge on any atom is 0.320 e. The van der Waals surface area contributed by atoms with Crippen molar-refractivity contribution in [2.24, 2.45) is 50.2 Å². The molecule has 0 aliphatic heterocycles. The Labute approximate surface area is 713 Å². The van der Waals surface area contributed by atoms with E-state index in [1.54, 1.807) is 153 Å². The molecule has 7 rings (SSSR count). The number of nitrogens with zero attached hydrogens (tertiary/aromatic N) is 2. The molecule has 36 nitrogen and oxygen atoms in total. The van der Waals surface area contributed by atoms with Gasteiger partial charge in [-0.15, -0.1) is 11.8 Å². The number of aliphatic imine (C=N–C) groups is 1. The molecule has 37 heteroatoms. The minimum absolute atomic E-state index is 0.00945. The van der Waals surface area contributed by atoms with Crippen LogP contribution in [0.5, 0.6) is 5.75 Å². The molecule has 0 fully saturated rings. The van der Waals surface area contributed by atoms with Gasteiger partial charge >= 0.3 is 41.8 Å². The van der Waals surface area contributed by atoms with E-state index in [-0.39, 0.29) is 111 Å². The van der Waals surface area contributed by atoms with E-state index in [2.05, 4.69) is 26.2 Å². The van der Waals surface area contributed by atoms with Crippen LogP contribution in [0, 0.1) is 0 Å². The molecule has 660 valence electrons. The number of carboxylic acid groups (broad SMARTS) is 7. The number of carbonyl (C=O) groups is 16. The number of amides is 3. The Morgan fingerprint density at radius 2 is 0.675 bits per heavy atom. The molecular formula is C86H106N12O24S. The maximum absolute atomic E-state index is 11.6. The summed E-state index contributed by atoms with van der Waals surface area (Å²) < 4.78 is 5.18. The number of carbonyl (C=O) groups excluding carboxylic acids is 9. The number of thioether (sulfide) groups is 1. The lowest BCUT2D eigenvalue weighted by Crippen LogP contribution is -2.32. The minimum Gasteiger partial charge on any atom is -0.486 e. The molecular weight excluding hydrogens is 1620 g/mol. The topological polar surface area (TPSA) is 667 Å². The van der Waals surface area contributed by atoms with Crippen molar-refractivity contribution >= 4 is 124 Å². The highest BCUT2D eigenvalue weighted by Crippen LogP contribution is 2.20. The lowest BCUT2D eigenvalue weighted by atomic mass is 10.0. The van der Waals surface area contributed by atoms with Crippen LogP contribution in [-0.4, -0.2) is 210 Å². The average molecular weight is 1720 g/mol. The van der Waals surface area contributed by atoms with Gasteiger partial charge in [-0.1, -0.05) is 121 Å². The van der Waals surface area contributed by atoms with Crippen LogP contribution in [0.1, 0.15) is 126 Å². The van der Waals surface area contributed by atoms with Crippen LogP contribution in [0.4, 0.5) is 5.69 Å². The summed E-state index contributed by atoms with van der Waals surface area (Å²) in [6.45, 7) is 10.3. The maximum atomic E-state index is 11.6. The Bertz CT molecular complexity index is 4520. The molecule has 3 amide bonds. The van der Waals surface area contributed by atoms with E-state index in [0.29, 0.717) is 35.5 Å². The van der Waals surface area contributed by atoms with Crippen LogP contribution in [-0.2, 0) is 112 Å². The molecule has 0 aromatic heterocycles. The van der Waals surface area contributed by atoms with Gasteiger partial charge < -0.3 is 91.3 Å². The number of nitrogens with one attached hydrogen (secondary N) is 3. The standard InChI is InChI=1S/C13H16N2O4.C13H15NO4.C12H15N3O3.C12H14N2O3.C12H16N2O3.C12H15NO4.C12H15NO3S/c1-8(16)7-15-12(17)10-4-2-9(3-5-10)6-11(14)13(18)19;1-8(15)6-12(16)10-4-2-9(3-5-10)7-11(14)13(17)18;1-8(16)15-14-7-10-4-2-9(3-5-10)6-11(13)12(17)18;1-8(15)14-7-10-4-2-9(3-5-10)6-11(13)12(16)17;1-8(15)7-14-10-4-2-9(3-5-10)6-11(13)12(16)17;2*1-8(14)7-17-10-4-2-9(3-5-10)6-11(13)12(15)16/h2-5,11H,6-7,14H2,1H3,(H,15,17)(H,18,19);2-5,11H,6-7,14H2,1H3,(H,17,18);2-5,7,11H,6,13H2,1H3,(H,15,16)(H,17,18);2-5,7,11H,6,13H2,1H3,(H,16,17);2-5,11,14H,6-7,13H2,1H3,(H,16,17);2*2-5,11H,6-7,13H2,1H3,(H,15,16)/b;;14-7+;;;;.